The van der Waals surface area contributed by atoms with Gasteiger partial charge in [-0.3, -0.25) is 4.79 Å². The highest BCUT2D eigenvalue weighted by molar-refractivity contribution is 9.10. The van der Waals surface area contributed by atoms with Gasteiger partial charge in [0.1, 0.15) is 5.82 Å². The minimum atomic E-state index is -0.260. The molecule has 7 heteroatoms. The molecule has 1 aliphatic heterocycles. The quantitative estimate of drug-likeness (QED) is 0.456. The lowest BCUT2D eigenvalue weighted by Crippen LogP contribution is -2.46. The Labute approximate surface area is 156 Å². The summed E-state index contributed by atoms with van der Waals surface area (Å²) in [6, 6.07) is 4.86. The van der Waals surface area contributed by atoms with Crippen molar-refractivity contribution in [2.24, 2.45) is 10.9 Å². The molecule has 0 unspecified atom stereocenters. The average molecular weight is 414 g/mol. The largest absolute Gasteiger partial charge is 0.466 e. The summed E-state index contributed by atoms with van der Waals surface area (Å²) >= 11 is 3.36. The Bertz CT molecular complexity index is 616. The van der Waals surface area contributed by atoms with Crippen molar-refractivity contribution in [3.63, 3.8) is 0 Å². The number of piperidine rings is 1. The fourth-order valence-electron chi connectivity index (χ4n) is 2.84. The van der Waals surface area contributed by atoms with E-state index in [1.807, 2.05) is 13.8 Å². The second kappa shape index (κ2) is 9.75. The van der Waals surface area contributed by atoms with Gasteiger partial charge < -0.3 is 15.0 Å². The second-order valence-electron chi connectivity index (χ2n) is 5.92. The number of nitrogens with one attached hydrogen (secondary N) is 1. The number of guanidine groups is 1. The van der Waals surface area contributed by atoms with E-state index >= 15 is 0 Å². The minimum absolute atomic E-state index is 0.0402. The van der Waals surface area contributed by atoms with Gasteiger partial charge in [-0.15, -0.1) is 0 Å². The smallest absolute Gasteiger partial charge is 0.309 e. The van der Waals surface area contributed by atoms with E-state index in [0.29, 0.717) is 12.2 Å². The second-order valence-corrected chi connectivity index (χ2v) is 6.83. The number of hydrogen-bond acceptors (Lipinski definition) is 3. The van der Waals surface area contributed by atoms with Crippen LogP contribution >= 0.6 is 15.9 Å². The summed E-state index contributed by atoms with van der Waals surface area (Å²) in [5.41, 5.74) is 0.547. The van der Waals surface area contributed by atoms with Crippen LogP contribution in [0, 0.1) is 11.7 Å². The summed E-state index contributed by atoms with van der Waals surface area (Å²) in [7, 11) is 0. The summed E-state index contributed by atoms with van der Waals surface area (Å²) in [6.07, 6.45) is 1.49. The zero-order chi connectivity index (χ0) is 18.2. The van der Waals surface area contributed by atoms with Gasteiger partial charge in [-0.1, -0.05) is 15.9 Å². The first-order valence-corrected chi connectivity index (χ1v) is 9.48. The maximum Gasteiger partial charge on any atom is 0.309 e. The molecule has 1 aromatic carbocycles. The predicted molar refractivity (Wildman–Crippen MR) is 99.8 cm³/mol. The molecule has 0 aromatic heterocycles. The number of carbonyl (C=O) groups excluding carboxylic acids is 1. The molecule has 0 aliphatic carbocycles. The van der Waals surface area contributed by atoms with E-state index in [2.05, 4.69) is 31.1 Å². The maximum absolute atomic E-state index is 13.9. The molecule has 1 aromatic rings. The average Bonchev–Trinajstić information content (AvgIpc) is 2.61. The molecule has 2 rings (SSSR count). The summed E-state index contributed by atoms with van der Waals surface area (Å²) in [6.45, 7) is 6.71. The Morgan fingerprint density at radius 1 is 1.40 bits per heavy atom. The molecular formula is C18H25BrFN3O2. The standard InChI is InChI=1S/C18H25BrFN3O2/c1-3-21-18(22-12-14-11-15(19)5-6-16(14)20)23-9-7-13(8-10-23)17(24)25-4-2/h5-6,11,13H,3-4,7-10,12H2,1-2H3,(H,21,22). The molecule has 1 N–H and O–H groups in total. The topological polar surface area (TPSA) is 53.9 Å². The van der Waals surface area contributed by atoms with Gasteiger partial charge in [-0.25, -0.2) is 9.38 Å². The van der Waals surface area contributed by atoms with Crippen LogP contribution in [0.25, 0.3) is 0 Å². The number of hydrogen-bond donors (Lipinski definition) is 1. The number of benzene rings is 1. The Morgan fingerprint density at radius 3 is 2.76 bits per heavy atom. The molecule has 1 fully saturated rings. The van der Waals surface area contributed by atoms with Crippen molar-refractivity contribution in [1.29, 1.82) is 0 Å². The predicted octanol–water partition coefficient (Wildman–Crippen LogP) is 3.33. The van der Waals surface area contributed by atoms with Crippen LogP contribution in [0.5, 0.6) is 0 Å². The van der Waals surface area contributed by atoms with Crippen LogP contribution < -0.4 is 5.32 Å². The number of likely N-dealkylation sites (tertiary alicyclic amines) is 1. The van der Waals surface area contributed by atoms with Crippen molar-refractivity contribution < 1.29 is 13.9 Å². The lowest BCUT2D eigenvalue weighted by atomic mass is 9.97. The zero-order valence-corrected chi connectivity index (χ0v) is 16.3. The maximum atomic E-state index is 13.9. The van der Waals surface area contributed by atoms with E-state index in [1.165, 1.54) is 6.07 Å². The number of esters is 1. The fraction of sp³-hybridized carbons (Fsp3) is 0.556. The fourth-order valence-corrected chi connectivity index (χ4v) is 3.25. The van der Waals surface area contributed by atoms with Crippen LogP contribution in [0.15, 0.2) is 27.7 Å². The molecule has 138 valence electrons. The normalized spacial score (nSPS) is 16.0. The van der Waals surface area contributed by atoms with Gasteiger partial charge in [0.05, 0.1) is 19.1 Å². The molecule has 0 bridgehead atoms. The third-order valence-corrected chi connectivity index (χ3v) is 4.65. The van der Waals surface area contributed by atoms with E-state index in [4.69, 9.17) is 4.74 Å². The number of aliphatic imine (C=N–C) groups is 1. The molecule has 5 nitrogen and oxygen atoms in total. The van der Waals surface area contributed by atoms with Crippen LogP contribution in [-0.2, 0) is 16.1 Å². The summed E-state index contributed by atoms with van der Waals surface area (Å²) in [5.74, 6) is 0.342. The van der Waals surface area contributed by atoms with Gasteiger partial charge in [-0.05, 0) is 44.9 Å². The molecule has 1 aliphatic rings. The number of carbonyl (C=O) groups is 1. The molecule has 25 heavy (non-hydrogen) atoms. The first-order chi connectivity index (χ1) is 12.0. The van der Waals surface area contributed by atoms with E-state index < -0.39 is 0 Å². The highest BCUT2D eigenvalue weighted by Crippen LogP contribution is 2.20. The SMILES string of the molecule is CCNC(=NCc1cc(Br)ccc1F)N1CCC(C(=O)OCC)CC1. The molecule has 0 saturated carbocycles. The third-order valence-electron chi connectivity index (χ3n) is 4.16. The van der Waals surface area contributed by atoms with E-state index in [9.17, 15) is 9.18 Å². The van der Waals surface area contributed by atoms with Crippen LogP contribution in [0.1, 0.15) is 32.3 Å². The Balaban J connectivity index is 2.01. The van der Waals surface area contributed by atoms with Crippen molar-refractivity contribution in [3.8, 4) is 0 Å². The molecule has 1 saturated heterocycles. The summed E-state index contributed by atoms with van der Waals surface area (Å²) in [4.78, 5) is 18.5. The van der Waals surface area contributed by atoms with Crippen molar-refractivity contribution in [2.75, 3.05) is 26.2 Å². The number of nitrogens with zero attached hydrogens (tertiary/aromatic N) is 2. The van der Waals surface area contributed by atoms with Gasteiger partial charge in [0, 0.05) is 29.7 Å². The van der Waals surface area contributed by atoms with E-state index in [-0.39, 0.29) is 24.2 Å². The highest BCUT2D eigenvalue weighted by Gasteiger charge is 2.27. The monoisotopic (exact) mass is 413 g/mol. The Morgan fingerprint density at radius 2 is 2.12 bits per heavy atom. The molecular weight excluding hydrogens is 389 g/mol. The number of halogens is 2. The zero-order valence-electron chi connectivity index (χ0n) is 14.7. The van der Waals surface area contributed by atoms with Gasteiger partial charge in [0.25, 0.3) is 0 Å². The van der Waals surface area contributed by atoms with Crippen LogP contribution in [0.2, 0.25) is 0 Å². The Kier molecular flexibility index (Phi) is 7.68. The van der Waals surface area contributed by atoms with Crippen LogP contribution in [0.3, 0.4) is 0 Å². The van der Waals surface area contributed by atoms with Crippen LogP contribution in [-0.4, -0.2) is 43.1 Å². The minimum Gasteiger partial charge on any atom is -0.466 e. The van der Waals surface area contributed by atoms with Gasteiger partial charge in [0.2, 0.25) is 0 Å². The van der Waals surface area contributed by atoms with Gasteiger partial charge in [0.15, 0.2) is 5.96 Å². The van der Waals surface area contributed by atoms with Gasteiger partial charge >= 0.3 is 5.97 Å². The van der Waals surface area contributed by atoms with Crippen LogP contribution in [0.4, 0.5) is 4.39 Å². The first-order valence-electron chi connectivity index (χ1n) is 8.69. The molecule has 0 amide bonds. The van der Waals surface area contributed by atoms with Crippen molar-refractivity contribution in [3.05, 3.63) is 34.1 Å². The van der Waals surface area contributed by atoms with Crippen molar-refractivity contribution in [1.82, 2.24) is 10.2 Å². The summed E-state index contributed by atoms with van der Waals surface area (Å²) in [5, 5.41) is 3.25. The Hall–Kier alpha value is -1.63. The highest BCUT2D eigenvalue weighted by atomic mass is 79.9. The molecule has 1 heterocycles. The first kappa shape index (κ1) is 19.7. The molecule has 0 atom stereocenters. The lowest BCUT2D eigenvalue weighted by Gasteiger charge is -2.33. The lowest BCUT2D eigenvalue weighted by molar-refractivity contribution is -0.149. The number of ether oxygens (including phenoxy) is 1. The molecule has 0 radical (unpaired) electrons. The third kappa shape index (κ3) is 5.70. The van der Waals surface area contributed by atoms with Crippen molar-refractivity contribution in [2.45, 2.75) is 33.2 Å². The van der Waals surface area contributed by atoms with E-state index in [0.717, 1.165) is 42.9 Å². The number of rotatable bonds is 5. The van der Waals surface area contributed by atoms with Gasteiger partial charge in [-0.2, -0.15) is 0 Å². The summed E-state index contributed by atoms with van der Waals surface area (Å²) < 4.78 is 19.8. The van der Waals surface area contributed by atoms with Crippen molar-refractivity contribution >= 4 is 27.9 Å². The molecule has 0 spiro atoms. The van der Waals surface area contributed by atoms with E-state index in [1.54, 1.807) is 12.1 Å².